The largest absolute Gasteiger partial charge is 0.490 e. The average molecular weight is 692 g/mol. The highest BCUT2D eigenvalue weighted by molar-refractivity contribution is 7.92. The standard InChI is InChI=1S/C34H53N5O8S/c1-22-19-39(23(2)21-40)33(41)29-18-28(37-48(43,44)32-25(4)36-47-26(32)5)15-16-30(29)46-24(3)12-10-11-17-45-31(22)20-38(6)34(42)35-27-13-8-7-9-14-27/h15-16,18,22-24,27,31,37,40H,7-14,17,19-21H2,1-6H3,(H,35,42)/t22-,23+,24+,31-/m0/s1. The number of benzene rings is 1. The number of nitrogens with one attached hydrogen (secondary N) is 2. The fraction of sp³-hybridized carbons (Fsp3) is 0.676. The summed E-state index contributed by atoms with van der Waals surface area (Å²) >= 11 is 0. The first-order chi connectivity index (χ1) is 22.8. The minimum atomic E-state index is -4.08. The van der Waals surface area contributed by atoms with Crippen LogP contribution in [0, 0.1) is 19.8 Å². The number of likely N-dealkylation sites (N-methyl/N-ethyl adjacent to an activating group) is 1. The first-order valence-corrected chi connectivity index (χ1v) is 18.6. The zero-order valence-corrected chi connectivity index (χ0v) is 30.0. The van der Waals surface area contributed by atoms with Crippen molar-refractivity contribution in [1.29, 1.82) is 0 Å². The summed E-state index contributed by atoms with van der Waals surface area (Å²) in [7, 11) is -2.32. The predicted octanol–water partition coefficient (Wildman–Crippen LogP) is 4.86. The molecular formula is C34H53N5O8S. The second-order valence-electron chi connectivity index (χ2n) is 13.4. The van der Waals surface area contributed by atoms with Crippen molar-refractivity contribution in [2.24, 2.45) is 5.92 Å². The number of fused-ring (bicyclic) bond motifs is 1. The molecule has 4 atom stereocenters. The van der Waals surface area contributed by atoms with E-state index in [-0.39, 0.29) is 71.0 Å². The van der Waals surface area contributed by atoms with Crippen LogP contribution in [0.25, 0.3) is 0 Å². The molecule has 0 saturated heterocycles. The summed E-state index contributed by atoms with van der Waals surface area (Å²) in [5, 5.41) is 17.2. The average Bonchev–Trinajstić information content (AvgIpc) is 3.40. The van der Waals surface area contributed by atoms with E-state index in [1.165, 1.54) is 19.4 Å². The summed E-state index contributed by atoms with van der Waals surface area (Å²) in [6.45, 7) is 9.46. The molecule has 13 nitrogen and oxygen atoms in total. The van der Waals surface area contributed by atoms with E-state index in [0.29, 0.717) is 25.3 Å². The lowest BCUT2D eigenvalue weighted by Gasteiger charge is -2.36. The number of amides is 3. The van der Waals surface area contributed by atoms with E-state index in [2.05, 4.69) is 15.2 Å². The number of urea groups is 1. The molecule has 0 spiro atoms. The third-order valence-corrected chi connectivity index (χ3v) is 10.9. The second-order valence-corrected chi connectivity index (χ2v) is 15.1. The molecule has 1 aromatic carbocycles. The molecule has 0 bridgehead atoms. The Bertz CT molecular complexity index is 1470. The Hall–Kier alpha value is -3.36. The number of aliphatic hydroxyl groups excluding tert-OH is 1. The molecule has 2 aromatic rings. The van der Waals surface area contributed by atoms with Crippen LogP contribution in [0.15, 0.2) is 27.6 Å². The molecule has 1 saturated carbocycles. The fourth-order valence-electron chi connectivity index (χ4n) is 6.40. The van der Waals surface area contributed by atoms with E-state index < -0.39 is 22.0 Å². The number of aromatic nitrogens is 1. The van der Waals surface area contributed by atoms with Gasteiger partial charge in [-0.1, -0.05) is 31.3 Å². The van der Waals surface area contributed by atoms with Crippen molar-refractivity contribution in [2.45, 2.75) is 115 Å². The van der Waals surface area contributed by atoms with Crippen molar-refractivity contribution in [2.75, 3.05) is 38.1 Å². The quantitative estimate of drug-likeness (QED) is 0.351. The first kappa shape index (κ1) is 37.5. The molecule has 0 radical (unpaired) electrons. The van der Waals surface area contributed by atoms with E-state index >= 15 is 0 Å². The van der Waals surface area contributed by atoms with Crippen molar-refractivity contribution in [3.8, 4) is 5.75 Å². The van der Waals surface area contributed by atoms with Crippen LogP contribution in [0.2, 0.25) is 0 Å². The van der Waals surface area contributed by atoms with Crippen LogP contribution in [0.4, 0.5) is 10.5 Å². The van der Waals surface area contributed by atoms with E-state index in [1.807, 2.05) is 13.8 Å². The van der Waals surface area contributed by atoms with Gasteiger partial charge >= 0.3 is 6.03 Å². The number of rotatable bonds is 8. The molecule has 14 heteroatoms. The van der Waals surface area contributed by atoms with Crippen LogP contribution in [0.3, 0.4) is 0 Å². The minimum absolute atomic E-state index is 0.0634. The molecule has 0 unspecified atom stereocenters. The molecular weight excluding hydrogens is 638 g/mol. The van der Waals surface area contributed by atoms with Gasteiger partial charge in [-0.25, -0.2) is 13.2 Å². The van der Waals surface area contributed by atoms with Gasteiger partial charge in [0.2, 0.25) is 0 Å². The third-order valence-electron chi connectivity index (χ3n) is 9.27. The maximum absolute atomic E-state index is 14.4. The summed E-state index contributed by atoms with van der Waals surface area (Å²) in [5.41, 5.74) is 0.542. The number of aliphatic hydroxyl groups is 1. The lowest BCUT2D eigenvalue weighted by molar-refractivity contribution is -0.0123. The van der Waals surface area contributed by atoms with Gasteiger partial charge in [0, 0.05) is 44.4 Å². The van der Waals surface area contributed by atoms with E-state index in [0.717, 1.165) is 38.5 Å². The molecule has 4 rings (SSSR count). The van der Waals surface area contributed by atoms with Crippen molar-refractivity contribution >= 4 is 27.6 Å². The monoisotopic (exact) mass is 691 g/mol. The molecule has 3 amide bonds. The van der Waals surface area contributed by atoms with E-state index in [1.54, 1.807) is 42.8 Å². The van der Waals surface area contributed by atoms with Gasteiger partial charge in [-0.2, -0.15) is 0 Å². The molecule has 1 aliphatic carbocycles. The lowest BCUT2D eigenvalue weighted by Crippen LogP contribution is -2.50. The molecule has 1 aromatic heterocycles. The van der Waals surface area contributed by atoms with Crippen molar-refractivity contribution in [3.05, 3.63) is 35.2 Å². The van der Waals surface area contributed by atoms with Gasteiger partial charge in [-0.05, 0) is 78.0 Å². The molecule has 1 aliphatic heterocycles. The van der Waals surface area contributed by atoms with Gasteiger partial charge < -0.3 is 34.2 Å². The van der Waals surface area contributed by atoms with E-state index in [4.69, 9.17) is 14.0 Å². The van der Waals surface area contributed by atoms with Gasteiger partial charge in [0.05, 0.1) is 30.4 Å². The molecule has 3 N–H and O–H groups in total. The fourth-order valence-corrected chi connectivity index (χ4v) is 7.78. The van der Waals surface area contributed by atoms with Crippen LogP contribution in [-0.4, -0.2) is 98.1 Å². The SMILES string of the molecule is Cc1noc(C)c1S(=O)(=O)Nc1ccc2c(c1)C(=O)N([C@H](C)CO)C[C@H](C)[C@H](CN(C)C(=O)NC1CCCCC1)OCCCC[C@@H](C)O2. The number of aryl methyl sites for hydroxylation is 2. The Morgan fingerprint density at radius 2 is 1.83 bits per heavy atom. The minimum Gasteiger partial charge on any atom is -0.490 e. The van der Waals surface area contributed by atoms with Crippen LogP contribution in [0.5, 0.6) is 5.75 Å². The summed E-state index contributed by atoms with van der Waals surface area (Å²) in [5.74, 6) is -0.180. The maximum atomic E-state index is 14.4. The Morgan fingerprint density at radius 3 is 2.50 bits per heavy atom. The lowest BCUT2D eigenvalue weighted by atomic mass is 9.96. The highest BCUT2D eigenvalue weighted by Gasteiger charge is 2.32. The smallest absolute Gasteiger partial charge is 0.317 e. The number of nitrogens with zero attached hydrogens (tertiary/aromatic N) is 3. The zero-order valence-electron chi connectivity index (χ0n) is 29.2. The van der Waals surface area contributed by atoms with Crippen LogP contribution < -0.4 is 14.8 Å². The molecule has 268 valence electrons. The number of sulfonamides is 1. The van der Waals surface area contributed by atoms with Gasteiger partial charge in [0.15, 0.2) is 10.7 Å². The number of carbonyl (C=O) groups is 2. The van der Waals surface area contributed by atoms with Crippen molar-refractivity contribution in [1.82, 2.24) is 20.3 Å². The summed E-state index contributed by atoms with van der Waals surface area (Å²) in [4.78, 5) is 30.7. The summed E-state index contributed by atoms with van der Waals surface area (Å²) < 4.78 is 46.9. The number of ether oxygens (including phenoxy) is 2. The zero-order chi connectivity index (χ0) is 35.0. The number of hydrogen-bond acceptors (Lipinski definition) is 9. The third kappa shape index (κ3) is 9.63. The van der Waals surface area contributed by atoms with Gasteiger partial charge in [-0.15, -0.1) is 0 Å². The molecule has 2 heterocycles. The Balaban J connectivity index is 1.62. The maximum Gasteiger partial charge on any atom is 0.317 e. The highest BCUT2D eigenvalue weighted by Crippen LogP contribution is 2.30. The number of carbonyl (C=O) groups excluding carboxylic acids is 2. The molecule has 48 heavy (non-hydrogen) atoms. The van der Waals surface area contributed by atoms with Crippen molar-refractivity contribution < 1.29 is 37.1 Å². The normalized spacial score (nSPS) is 22.6. The second kappa shape index (κ2) is 16.8. The molecule has 2 aliphatic rings. The summed E-state index contributed by atoms with van der Waals surface area (Å²) in [6.07, 6.45) is 7.11. The number of hydrogen-bond donors (Lipinski definition) is 3. The van der Waals surface area contributed by atoms with Crippen LogP contribution in [0.1, 0.15) is 93.9 Å². The Labute approximate surface area is 284 Å². The highest BCUT2D eigenvalue weighted by atomic mass is 32.2. The van der Waals surface area contributed by atoms with Gasteiger partial charge in [0.25, 0.3) is 15.9 Å². The van der Waals surface area contributed by atoms with Gasteiger partial charge in [0.1, 0.15) is 11.4 Å². The first-order valence-electron chi connectivity index (χ1n) is 17.1. The number of anilines is 1. The van der Waals surface area contributed by atoms with Crippen molar-refractivity contribution in [3.63, 3.8) is 0 Å². The van der Waals surface area contributed by atoms with E-state index in [9.17, 15) is 23.1 Å². The summed E-state index contributed by atoms with van der Waals surface area (Å²) in [6, 6.07) is 4.08. The predicted molar refractivity (Wildman–Crippen MR) is 182 cm³/mol. The topological polar surface area (TPSA) is 164 Å². The van der Waals surface area contributed by atoms with Crippen LogP contribution in [-0.2, 0) is 14.8 Å². The Morgan fingerprint density at radius 1 is 1.12 bits per heavy atom. The van der Waals surface area contributed by atoms with Gasteiger partial charge in [-0.3, -0.25) is 9.52 Å². The Kier molecular flexibility index (Phi) is 13.1. The molecule has 1 fully saturated rings. The van der Waals surface area contributed by atoms with Crippen LogP contribution >= 0.6 is 0 Å².